The summed E-state index contributed by atoms with van der Waals surface area (Å²) in [6.45, 7) is 9.64. The molecule has 1 aliphatic rings. The lowest BCUT2D eigenvalue weighted by molar-refractivity contribution is 0.0973. The molecule has 0 unspecified atom stereocenters. The summed E-state index contributed by atoms with van der Waals surface area (Å²) in [6.07, 6.45) is 0. The highest BCUT2D eigenvalue weighted by Crippen LogP contribution is 2.22. The van der Waals surface area contributed by atoms with E-state index in [2.05, 4.69) is 37.1 Å². The van der Waals surface area contributed by atoms with Gasteiger partial charge in [0.1, 0.15) is 0 Å². The van der Waals surface area contributed by atoms with Crippen LogP contribution in [0.25, 0.3) is 0 Å². The molecular formula is C22H26ClN3OS. The zero-order chi connectivity index (χ0) is 20.3. The minimum absolute atomic E-state index is 0.0625. The van der Waals surface area contributed by atoms with Crippen molar-refractivity contribution in [3.8, 4) is 0 Å². The fraction of sp³-hybridized carbons (Fsp3) is 0.364. The van der Waals surface area contributed by atoms with Crippen LogP contribution in [0.3, 0.4) is 0 Å². The summed E-state index contributed by atoms with van der Waals surface area (Å²) in [5, 5.41) is 4.09. The quantitative estimate of drug-likeness (QED) is 0.734. The van der Waals surface area contributed by atoms with Gasteiger partial charge < -0.3 is 9.80 Å². The van der Waals surface area contributed by atoms with Gasteiger partial charge in [0.15, 0.2) is 5.11 Å². The number of rotatable bonds is 2. The Balaban J connectivity index is 1.55. The number of nitrogens with zero attached hydrogens (tertiary/aromatic N) is 2. The number of halogens is 1. The molecule has 2 aromatic carbocycles. The lowest BCUT2D eigenvalue weighted by atomic mass is 9.87. The highest BCUT2D eigenvalue weighted by atomic mass is 35.5. The SMILES string of the molecule is CC(C)(C)c1ccc(C(=O)NC(=S)N2CCN(c3cccc(Cl)c3)CC2)cc1. The van der Waals surface area contributed by atoms with Crippen LogP contribution in [0.5, 0.6) is 0 Å². The van der Waals surface area contributed by atoms with E-state index in [0.717, 1.165) is 36.9 Å². The average Bonchev–Trinajstić information content (AvgIpc) is 2.67. The van der Waals surface area contributed by atoms with Crippen molar-refractivity contribution >= 4 is 40.5 Å². The van der Waals surface area contributed by atoms with Crippen molar-refractivity contribution in [3.63, 3.8) is 0 Å². The van der Waals surface area contributed by atoms with Crippen LogP contribution in [0.2, 0.25) is 5.02 Å². The van der Waals surface area contributed by atoms with E-state index in [1.165, 1.54) is 5.56 Å². The molecule has 0 saturated carbocycles. The first kappa shape index (κ1) is 20.6. The van der Waals surface area contributed by atoms with Crippen LogP contribution in [-0.2, 0) is 5.41 Å². The predicted octanol–water partition coefficient (Wildman–Crippen LogP) is 4.47. The predicted molar refractivity (Wildman–Crippen MR) is 120 cm³/mol. The molecule has 1 N–H and O–H groups in total. The first-order chi connectivity index (χ1) is 13.2. The fourth-order valence-corrected chi connectivity index (χ4v) is 3.67. The van der Waals surface area contributed by atoms with Crippen molar-refractivity contribution in [2.45, 2.75) is 26.2 Å². The molecule has 6 heteroatoms. The summed E-state index contributed by atoms with van der Waals surface area (Å²) in [7, 11) is 0. The van der Waals surface area contributed by atoms with E-state index in [1.54, 1.807) is 0 Å². The van der Waals surface area contributed by atoms with Crippen LogP contribution in [0.1, 0.15) is 36.7 Å². The van der Waals surface area contributed by atoms with E-state index < -0.39 is 0 Å². The second-order valence-corrected chi connectivity index (χ2v) is 8.86. The molecule has 0 bridgehead atoms. The molecule has 1 saturated heterocycles. The second kappa shape index (κ2) is 8.50. The van der Waals surface area contributed by atoms with Gasteiger partial charge in [-0.15, -0.1) is 0 Å². The molecule has 148 valence electrons. The molecule has 0 aliphatic carbocycles. The lowest BCUT2D eigenvalue weighted by Crippen LogP contribution is -2.52. The summed E-state index contributed by atoms with van der Waals surface area (Å²) in [4.78, 5) is 16.8. The third-order valence-corrected chi connectivity index (χ3v) is 5.57. The standard InChI is InChI=1S/C22H26ClN3OS/c1-22(2,3)17-9-7-16(8-10-17)20(27)24-21(28)26-13-11-25(12-14-26)19-6-4-5-18(23)15-19/h4-10,15H,11-14H2,1-3H3,(H,24,27,28). The Kier molecular flexibility index (Phi) is 6.26. The molecule has 0 aromatic heterocycles. The summed E-state index contributed by atoms with van der Waals surface area (Å²) < 4.78 is 0. The Bertz CT molecular complexity index is 853. The normalized spacial score (nSPS) is 14.7. The van der Waals surface area contributed by atoms with Crippen LogP contribution in [0.4, 0.5) is 5.69 Å². The Labute approximate surface area is 177 Å². The van der Waals surface area contributed by atoms with Gasteiger partial charge in [-0.3, -0.25) is 10.1 Å². The van der Waals surface area contributed by atoms with Crippen molar-refractivity contribution in [1.29, 1.82) is 0 Å². The molecule has 2 aromatic rings. The summed E-state index contributed by atoms with van der Waals surface area (Å²) in [5.41, 5.74) is 2.99. The summed E-state index contributed by atoms with van der Waals surface area (Å²) in [5.74, 6) is -0.164. The number of hydrogen-bond acceptors (Lipinski definition) is 3. The number of nitrogens with one attached hydrogen (secondary N) is 1. The molecule has 0 radical (unpaired) electrons. The van der Waals surface area contributed by atoms with Gasteiger partial charge in [0.05, 0.1) is 0 Å². The number of thiocarbonyl (C=S) groups is 1. The number of carbonyl (C=O) groups is 1. The van der Waals surface area contributed by atoms with Crippen LogP contribution in [-0.4, -0.2) is 42.1 Å². The first-order valence-corrected chi connectivity index (χ1v) is 10.2. The molecule has 0 atom stereocenters. The van der Waals surface area contributed by atoms with Crippen molar-refractivity contribution in [3.05, 3.63) is 64.7 Å². The maximum absolute atomic E-state index is 12.5. The van der Waals surface area contributed by atoms with Crippen LogP contribution < -0.4 is 10.2 Å². The van der Waals surface area contributed by atoms with E-state index in [-0.39, 0.29) is 11.3 Å². The van der Waals surface area contributed by atoms with Gasteiger partial charge in [0, 0.05) is 42.5 Å². The van der Waals surface area contributed by atoms with Gasteiger partial charge in [-0.25, -0.2) is 0 Å². The largest absolute Gasteiger partial charge is 0.368 e. The number of benzene rings is 2. The molecule has 4 nitrogen and oxygen atoms in total. The van der Waals surface area contributed by atoms with Crippen molar-refractivity contribution < 1.29 is 4.79 Å². The first-order valence-electron chi connectivity index (χ1n) is 9.45. The van der Waals surface area contributed by atoms with E-state index in [0.29, 0.717) is 10.7 Å². The van der Waals surface area contributed by atoms with E-state index >= 15 is 0 Å². The zero-order valence-corrected chi connectivity index (χ0v) is 18.1. The summed E-state index contributed by atoms with van der Waals surface area (Å²) >= 11 is 11.6. The highest BCUT2D eigenvalue weighted by Gasteiger charge is 2.21. The smallest absolute Gasteiger partial charge is 0.257 e. The second-order valence-electron chi connectivity index (χ2n) is 8.04. The zero-order valence-electron chi connectivity index (χ0n) is 16.5. The van der Waals surface area contributed by atoms with Crippen LogP contribution >= 0.6 is 23.8 Å². The van der Waals surface area contributed by atoms with E-state index in [4.69, 9.17) is 23.8 Å². The van der Waals surface area contributed by atoms with Gasteiger partial charge in [-0.2, -0.15) is 0 Å². The molecule has 1 fully saturated rings. The number of piperazine rings is 1. The Hall–Kier alpha value is -2.11. The minimum Gasteiger partial charge on any atom is -0.368 e. The van der Waals surface area contributed by atoms with Crippen molar-refractivity contribution in [1.82, 2.24) is 10.2 Å². The maximum atomic E-state index is 12.5. The molecule has 1 heterocycles. The lowest BCUT2D eigenvalue weighted by Gasteiger charge is -2.37. The molecule has 1 amide bonds. The molecule has 3 rings (SSSR count). The average molecular weight is 416 g/mol. The van der Waals surface area contributed by atoms with Gasteiger partial charge in [0.2, 0.25) is 0 Å². The Morgan fingerprint density at radius 2 is 1.68 bits per heavy atom. The van der Waals surface area contributed by atoms with Crippen LogP contribution in [0, 0.1) is 0 Å². The topological polar surface area (TPSA) is 35.6 Å². The number of carbonyl (C=O) groups excluding carboxylic acids is 1. The number of amides is 1. The minimum atomic E-state index is -0.164. The highest BCUT2D eigenvalue weighted by molar-refractivity contribution is 7.80. The number of anilines is 1. The molecule has 28 heavy (non-hydrogen) atoms. The van der Waals surface area contributed by atoms with Gasteiger partial charge in [-0.05, 0) is 53.5 Å². The third kappa shape index (κ3) is 5.03. The Morgan fingerprint density at radius 1 is 1.04 bits per heavy atom. The molecular weight excluding hydrogens is 390 g/mol. The Morgan fingerprint density at radius 3 is 2.25 bits per heavy atom. The maximum Gasteiger partial charge on any atom is 0.257 e. The van der Waals surface area contributed by atoms with Gasteiger partial charge in [-0.1, -0.05) is 50.6 Å². The molecule has 0 spiro atoms. The van der Waals surface area contributed by atoms with Gasteiger partial charge in [0.25, 0.3) is 5.91 Å². The summed E-state index contributed by atoms with van der Waals surface area (Å²) in [6, 6.07) is 15.6. The van der Waals surface area contributed by atoms with Crippen LogP contribution in [0.15, 0.2) is 48.5 Å². The number of hydrogen-bond donors (Lipinski definition) is 1. The third-order valence-electron chi connectivity index (χ3n) is 4.97. The van der Waals surface area contributed by atoms with E-state index in [1.807, 2.05) is 47.4 Å². The monoisotopic (exact) mass is 415 g/mol. The van der Waals surface area contributed by atoms with Crippen molar-refractivity contribution in [2.24, 2.45) is 0 Å². The van der Waals surface area contributed by atoms with Crippen molar-refractivity contribution in [2.75, 3.05) is 31.1 Å². The molecule has 1 aliphatic heterocycles. The van der Waals surface area contributed by atoms with E-state index in [9.17, 15) is 4.79 Å². The fourth-order valence-electron chi connectivity index (χ4n) is 3.21. The van der Waals surface area contributed by atoms with Gasteiger partial charge >= 0.3 is 0 Å².